The van der Waals surface area contributed by atoms with Gasteiger partial charge in [-0.15, -0.1) is 0 Å². The molecule has 0 bridgehead atoms. The van der Waals surface area contributed by atoms with Crippen LogP contribution in [-0.4, -0.2) is 36.1 Å². The number of fused-ring (bicyclic) bond motifs is 1. The molecule has 156 valence electrons. The molecule has 9 heteroatoms. The molecule has 0 atom stereocenters. The maximum absolute atomic E-state index is 12.4. The average Bonchev–Trinajstić information content (AvgIpc) is 2.99. The van der Waals surface area contributed by atoms with Gasteiger partial charge in [0.1, 0.15) is 22.4 Å². The molecule has 30 heavy (non-hydrogen) atoms. The first kappa shape index (κ1) is 20.3. The van der Waals surface area contributed by atoms with Crippen LogP contribution in [0.25, 0.3) is 22.4 Å². The highest BCUT2D eigenvalue weighted by atomic mass is 32.2. The summed E-state index contributed by atoms with van der Waals surface area (Å²) >= 11 is 0. The second kappa shape index (κ2) is 7.70. The van der Waals surface area contributed by atoms with Crippen LogP contribution in [-0.2, 0) is 10.0 Å². The van der Waals surface area contributed by atoms with E-state index in [0.717, 1.165) is 19.3 Å². The summed E-state index contributed by atoms with van der Waals surface area (Å²) < 4.78 is 34.8. The van der Waals surface area contributed by atoms with Gasteiger partial charge in [0.15, 0.2) is 0 Å². The predicted octanol–water partition coefficient (Wildman–Crippen LogP) is 3.39. The van der Waals surface area contributed by atoms with Crippen molar-refractivity contribution in [3.05, 3.63) is 36.2 Å². The lowest BCUT2D eigenvalue weighted by molar-refractivity contribution is 0.322. The summed E-state index contributed by atoms with van der Waals surface area (Å²) in [7, 11) is -2.08. The number of rotatable bonds is 6. The molecule has 0 spiro atoms. The Bertz CT molecular complexity index is 1240. The Morgan fingerprint density at radius 1 is 1.27 bits per heavy atom. The van der Waals surface area contributed by atoms with Gasteiger partial charge in [0.2, 0.25) is 10.0 Å². The number of aromatic nitrogens is 3. The Balaban J connectivity index is 1.89. The highest BCUT2D eigenvalue weighted by Crippen LogP contribution is 2.42. The Morgan fingerprint density at radius 3 is 2.57 bits per heavy atom. The second-order valence-corrected chi connectivity index (χ2v) is 9.41. The van der Waals surface area contributed by atoms with E-state index in [4.69, 9.17) is 4.74 Å². The van der Waals surface area contributed by atoms with Gasteiger partial charge in [-0.25, -0.2) is 18.1 Å². The first-order valence-electron chi connectivity index (χ1n) is 9.82. The van der Waals surface area contributed by atoms with Gasteiger partial charge in [-0.05, 0) is 51.3 Å². The van der Waals surface area contributed by atoms with Gasteiger partial charge < -0.3 is 9.30 Å². The van der Waals surface area contributed by atoms with Crippen molar-refractivity contribution < 1.29 is 13.2 Å². The zero-order valence-electron chi connectivity index (χ0n) is 17.1. The van der Waals surface area contributed by atoms with Crippen molar-refractivity contribution in [2.45, 2.75) is 50.1 Å². The molecule has 1 aliphatic carbocycles. The molecule has 0 aliphatic heterocycles. The number of sulfonamides is 1. The molecular weight excluding hydrogens is 402 g/mol. The van der Waals surface area contributed by atoms with Crippen LogP contribution < -0.4 is 9.46 Å². The molecule has 1 fully saturated rings. The molecule has 0 aromatic carbocycles. The zero-order chi connectivity index (χ0) is 21.5. The highest BCUT2D eigenvalue weighted by Gasteiger charge is 2.29. The molecule has 3 heterocycles. The monoisotopic (exact) mass is 425 g/mol. The normalized spacial score (nSPS) is 14.6. The Hall–Kier alpha value is -2.96. The fraction of sp³-hybridized carbons (Fsp3) is 0.381. The molecule has 0 saturated heterocycles. The SMILES string of the molecule is COc1cnc2c(c1)c(C#N)c(-c1ccc(S(=O)(=O)NC(C)C)cn1)n2C1CCC1. The predicted molar refractivity (Wildman–Crippen MR) is 113 cm³/mol. The quantitative estimate of drug-likeness (QED) is 0.648. The van der Waals surface area contributed by atoms with Gasteiger partial charge in [-0.2, -0.15) is 5.26 Å². The second-order valence-electron chi connectivity index (χ2n) is 7.69. The molecule has 0 amide bonds. The first-order chi connectivity index (χ1) is 14.4. The summed E-state index contributed by atoms with van der Waals surface area (Å²) in [5, 5.41) is 10.7. The van der Waals surface area contributed by atoms with Crippen LogP contribution in [0, 0.1) is 11.3 Å². The molecule has 1 aliphatic rings. The minimum Gasteiger partial charge on any atom is -0.495 e. The Kier molecular flexibility index (Phi) is 5.22. The van der Waals surface area contributed by atoms with Crippen LogP contribution in [0.1, 0.15) is 44.7 Å². The minimum atomic E-state index is -3.64. The van der Waals surface area contributed by atoms with Gasteiger partial charge in [0, 0.05) is 23.7 Å². The average molecular weight is 426 g/mol. The molecule has 0 radical (unpaired) electrons. The van der Waals surface area contributed by atoms with E-state index in [2.05, 4.69) is 25.3 Å². The maximum Gasteiger partial charge on any atom is 0.242 e. The van der Waals surface area contributed by atoms with Crippen LogP contribution in [0.15, 0.2) is 35.5 Å². The first-order valence-corrected chi connectivity index (χ1v) is 11.3. The van der Waals surface area contributed by atoms with Gasteiger partial charge in [-0.1, -0.05) is 0 Å². The third kappa shape index (κ3) is 3.42. The molecule has 0 unspecified atom stereocenters. The number of nitrogens with zero attached hydrogens (tertiary/aromatic N) is 4. The van der Waals surface area contributed by atoms with Gasteiger partial charge in [0.05, 0.1) is 30.3 Å². The molecule has 3 aromatic heterocycles. The van der Waals surface area contributed by atoms with Crippen LogP contribution in [0.5, 0.6) is 5.75 Å². The molecule has 1 saturated carbocycles. The summed E-state index contributed by atoms with van der Waals surface area (Å²) in [5.41, 5.74) is 2.39. The van der Waals surface area contributed by atoms with Crippen molar-refractivity contribution in [2.24, 2.45) is 0 Å². The standard InChI is InChI=1S/C21H23N5O3S/c1-13(2)25-30(27,28)16-7-8-19(23-12-16)20-18(10-22)17-9-15(29-3)11-24-21(17)26(20)14-5-4-6-14/h7-9,11-14,25H,4-6H2,1-3H3. The number of nitriles is 1. The number of hydrogen-bond donors (Lipinski definition) is 1. The van der Waals surface area contributed by atoms with Gasteiger partial charge in [-0.3, -0.25) is 4.98 Å². The summed E-state index contributed by atoms with van der Waals surface area (Å²) in [4.78, 5) is 9.06. The van der Waals surface area contributed by atoms with E-state index in [0.29, 0.717) is 33.7 Å². The third-order valence-corrected chi connectivity index (χ3v) is 6.93. The van der Waals surface area contributed by atoms with Crippen LogP contribution in [0.3, 0.4) is 0 Å². The lowest BCUT2D eigenvalue weighted by Gasteiger charge is -2.29. The summed E-state index contributed by atoms with van der Waals surface area (Å²) in [5.74, 6) is 0.575. The van der Waals surface area contributed by atoms with Crippen molar-refractivity contribution >= 4 is 21.1 Å². The van der Waals surface area contributed by atoms with E-state index in [9.17, 15) is 13.7 Å². The number of hydrogen-bond acceptors (Lipinski definition) is 6. The minimum absolute atomic E-state index is 0.0876. The topological polar surface area (TPSA) is 110 Å². The number of nitrogens with one attached hydrogen (secondary N) is 1. The van der Waals surface area contributed by atoms with Crippen LogP contribution in [0.4, 0.5) is 0 Å². The van der Waals surface area contributed by atoms with E-state index in [1.165, 1.54) is 12.3 Å². The number of ether oxygens (including phenoxy) is 1. The van der Waals surface area contributed by atoms with Crippen LogP contribution >= 0.6 is 0 Å². The summed E-state index contributed by atoms with van der Waals surface area (Å²) in [6.07, 6.45) is 6.09. The van der Waals surface area contributed by atoms with E-state index < -0.39 is 10.0 Å². The van der Waals surface area contributed by atoms with Gasteiger partial charge >= 0.3 is 0 Å². The zero-order valence-corrected chi connectivity index (χ0v) is 17.9. The third-order valence-electron chi connectivity index (χ3n) is 5.28. The molecule has 3 aromatic rings. The Labute approximate surface area is 175 Å². The van der Waals surface area contributed by atoms with E-state index in [-0.39, 0.29) is 17.0 Å². The summed E-state index contributed by atoms with van der Waals surface area (Å²) in [6.45, 7) is 3.52. The van der Waals surface area contributed by atoms with E-state index in [1.807, 2.05) is 6.07 Å². The van der Waals surface area contributed by atoms with Crippen molar-refractivity contribution in [3.8, 4) is 23.2 Å². The summed E-state index contributed by atoms with van der Waals surface area (Å²) in [6, 6.07) is 7.29. The molecule has 8 nitrogen and oxygen atoms in total. The van der Waals surface area contributed by atoms with Gasteiger partial charge in [0.25, 0.3) is 0 Å². The van der Waals surface area contributed by atoms with E-state index >= 15 is 0 Å². The van der Waals surface area contributed by atoms with Crippen molar-refractivity contribution in [1.82, 2.24) is 19.3 Å². The fourth-order valence-corrected chi connectivity index (χ4v) is 4.90. The fourth-order valence-electron chi connectivity index (χ4n) is 3.70. The smallest absolute Gasteiger partial charge is 0.242 e. The lowest BCUT2D eigenvalue weighted by Crippen LogP contribution is -2.30. The molecule has 4 rings (SSSR count). The largest absolute Gasteiger partial charge is 0.495 e. The van der Waals surface area contributed by atoms with E-state index in [1.54, 1.807) is 33.2 Å². The Morgan fingerprint density at radius 2 is 2.03 bits per heavy atom. The molecular formula is C21H23N5O3S. The lowest BCUT2D eigenvalue weighted by atomic mass is 9.92. The van der Waals surface area contributed by atoms with Crippen LogP contribution in [0.2, 0.25) is 0 Å². The number of pyridine rings is 2. The van der Waals surface area contributed by atoms with Crippen molar-refractivity contribution in [2.75, 3.05) is 7.11 Å². The number of methoxy groups -OCH3 is 1. The molecule has 1 N–H and O–H groups in total. The van der Waals surface area contributed by atoms with Crippen molar-refractivity contribution in [3.63, 3.8) is 0 Å². The highest BCUT2D eigenvalue weighted by molar-refractivity contribution is 7.89. The van der Waals surface area contributed by atoms with Crippen molar-refractivity contribution in [1.29, 1.82) is 5.26 Å². The maximum atomic E-state index is 12.4.